The van der Waals surface area contributed by atoms with Crippen LogP contribution in [-0.4, -0.2) is 31.3 Å². The summed E-state index contributed by atoms with van der Waals surface area (Å²) in [4.78, 5) is 12.0. The Morgan fingerprint density at radius 3 is 2.79 bits per heavy atom. The van der Waals surface area contributed by atoms with Crippen LogP contribution in [0.2, 0.25) is 0 Å². The minimum atomic E-state index is -0.0902. The lowest BCUT2D eigenvalue weighted by molar-refractivity contribution is 0.0940. The van der Waals surface area contributed by atoms with Crippen molar-refractivity contribution in [3.63, 3.8) is 0 Å². The molecule has 1 saturated carbocycles. The molecule has 1 fully saturated rings. The zero-order valence-electron chi connectivity index (χ0n) is 10.9. The van der Waals surface area contributed by atoms with Crippen LogP contribution in [-0.2, 0) is 0 Å². The summed E-state index contributed by atoms with van der Waals surface area (Å²) in [6.45, 7) is 0.819. The third kappa shape index (κ3) is 3.48. The summed E-state index contributed by atoms with van der Waals surface area (Å²) in [5, 5.41) is 11.9. The summed E-state index contributed by atoms with van der Waals surface area (Å²) in [6, 6.07) is 5.25. The van der Waals surface area contributed by atoms with E-state index in [1.165, 1.54) is 0 Å². The van der Waals surface area contributed by atoms with Crippen molar-refractivity contribution in [2.75, 3.05) is 20.3 Å². The van der Waals surface area contributed by atoms with Gasteiger partial charge in [0.15, 0.2) is 0 Å². The largest absolute Gasteiger partial charge is 0.496 e. The molecule has 2 rings (SSSR count). The Balaban J connectivity index is 1.95. The van der Waals surface area contributed by atoms with Crippen LogP contribution in [0.4, 0.5) is 0 Å². The van der Waals surface area contributed by atoms with Crippen LogP contribution in [0.5, 0.6) is 5.75 Å². The molecule has 1 aromatic rings. The number of carbonyl (C=O) groups excluding carboxylic acids is 1. The third-order valence-electron chi connectivity index (χ3n) is 3.64. The van der Waals surface area contributed by atoms with E-state index in [0.717, 1.165) is 23.7 Å². The molecule has 0 unspecified atom stereocenters. The molecule has 0 radical (unpaired) electrons. The molecule has 4 nitrogen and oxygen atoms in total. The quantitative estimate of drug-likeness (QED) is 0.843. The highest BCUT2D eigenvalue weighted by molar-refractivity contribution is 9.10. The van der Waals surface area contributed by atoms with Crippen LogP contribution in [0.25, 0.3) is 0 Å². The molecule has 2 N–H and O–H groups in total. The van der Waals surface area contributed by atoms with Gasteiger partial charge < -0.3 is 15.2 Å². The van der Waals surface area contributed by atoms with Gasteiger partial charge in [-0.3, -0.25) is 4.79 Å². The summed E-state index contributed by atoms with van der Waals surface area (Å²) >= 11 is 3.37. The summed E-state index contributed by atoms with van der Waals surface area (Å²) in [6.07, 6.45) is 2.93. The van der Waals surface area contributed by atoms with Gasteiger partial charge in [-0.2, -0.15) is 0 Å². The number of aliphatic hydroxyl groups excluding tert-OH is 1. The second-order valence-electron chi connectivity index (χ2n) is 5.01. The monoisotopic (exact) mass is 327 g/mol. The number of ether oxygens (including phenoxy) is 1. The molecule has 0 saturated heterocycles. The van der Waals surface area contributed by atoms with Gasteiger partial charge in [-0.1, -0.05) is 0 Å². The number of nitrogens with one attached hydrogen (secondary N) is 1. The smallest absolute Gasteiger partial charge is 0.251 e. The zero-order valence-corrected chi connectivity index (χ0v) is 12.5. The fourth-order valence-electron chi connectivity index (χ4n) is 2.11. The Bertz CT molecular complexity index is 472. The van der Waals surface area contributed by atoms with E-state index in [4.69, 9.17) is 9.84 Å². The van der Waals surface area contributed by atoms with Gasteiger partial charge in [0.2, 0.25) is 0 Å². The van der Waals surface area contributed by atoms with Crippen molar-refractivity contribution in [3.8, 4) is 5.75 Å². The molecule has 1 aliphatic carbocycles. The molecular formula is C14H18BrNO3. The molecule has 0 aromatic heterocycles. The van der Waals surface area contributed by atoms with Crippen molar-refractivity contribution in [2.24, 2.45) is 5.41 Å². The Kier molecular flexibility index (Phi) is 4.47. The fraction of sp³-hybridized carbons (Fsp3) is 0.500. The fourth-order valence-corrected chi connectivity index (χ4v) is 2.65. The second-order valence-corrected chi connectivity index (χ2v) is 5.86. The first-order valence-corrected chi connectivity index (χ1v) is 7.12. The van der Waals surface area contributed by atoms with Crippen LogP contribution in [0, 0.1) is 5.41 Å². The maximum Gasteiger partial charge on any atom is 0.251 e. The van der Waals surface area contributed by atoms with Gasteiger partial charge in [0, 0.05) is 18.7 Å². The van der Waals surface area contributed by atoms with Crippen molar-refractivity contribution in [1.82, 2.24) is 5.32 Å². The number of rotatable bonds is 6. The van der Waals surface area contributed by atoms with E-state index in [2.05, 4.69) is 21.2 Å². The predicted molar refractivity (Wildman–Crippen MR) is 76.4 cm³/mol. The number of aliphatic hydroxyl groups is 1. The average Bonchev–Trinajstić information content (AvgIpc) is 3.16. The van der Waals surface area contributed by atoms with E-state index >= 15 is 0 Å². The molecule has 1 aliphatic rings. The minimum Gasteiger partial charge on any atom is -0.496 e. The van der Waals surface area contributed by atoms with Crippen LogP contribution in [0.1, 0.15) is 29.6 Å². The van der Waals surface area contributed by atoms with E-state index in [0.29, 0.717) is 17.9 Å². The van der Waals surface area contributed by atoms with Crippen LogP contribution >= 0.6 is 15.9 Å². The van der Waals surface area contributed by atoms with E-state index in [1.807, 2.05) is 0 Å². The van der Waals surface area contributed by atoms with Crippen LogP contribution in [0.15, 0.2) is 22.7 Å². The van der Waals surface area contributed by atoms with Crippen molar-refractivity contribution in [2.45, 2.75) is 19.3 Å². The van der Waals surface area contributed by atoms with Gasteiger partial charge in [0.1, 0.15) is 5.75 Å². The Labute approximate surface area is 121 Å². The first kappa shape index (κ1) is 14.3. The molecule has 0 aliphatic heterocycles. The topological polar surface area (TPSA) is 58.6 Å². The standard InChI is InChI=1S/C14H18BrNO3/c1-19-12-3-2-10(8-11(12)15)13(18)16-9-14(4-5-14)6-7-17/h2-3,8,17H,4-7,9H2,1H3,(H,16,18). The van der Waals surface area contributed by atoms with E-state index in [9.17, 15) is 4.79 Å². The van der Waals surface area contributed by atoms with Gasteiger partial charge >= 0.3 is 0 Å². The Morgan fingerprint density at radius 2 is 2.26 bits per heavy atom. The molecule has 1 amide bonds. The lowest BCUT2D eigenvalue weighted by Crippen LogP contribution is -2.30. The average molecular weight is 328 g/mol. The van der Waals surface area contributed by atoms with Gasteiger partial charge in [-0.05, 0) is 58.8 Å². The number of halogens is 1. The molecular weight excluding hydrogens is 310 g/mol. The molecule has 0 atom stereocenters. The summed E-state index contributed by atoms with van der Waals surface area (Å²) < 4.78 is 5.89. The Morgan fingerprint density at radius 1 is 1.53 bits per heavy atom. The van der Waals surface area contributed by atoms with Gasteiger partial charge in [-0.25, -0.2) is 0 Å². The first-order chi connectivity index (χ1) is 9.10. The number of benzene rings is 1. The minimum absolute atomic E-state index is 0.0902. The van der Waals surface area contributed by atoms with Crippen LogP contribution in [0.3, 0.4) is 0 Å². The highest BCUT2D eigenvalue weighted by atomic mass is 79.9. The lowest BCUT2D eigenvalue weighted by Gasteiger charge is -2.14. The number of carbonyl (C=O) groups is 1. The maximum absolute atomic E-state index is 12.0. The van der Waals surface area contributed by atoms with Crippen molar-refractivity contribution < 1.29 is 14.6 Å². The number of amides is 1. The van der Waals surface area contributed by atoms with Gasteiger partial charge in [0.05, 0.1) is 11.6 Å². The molecule has 1 aromatic carbocycles. The van der Waals surface area contributed by atoms with Gasteiger partial charge in [-0.15, -0.1) is 0 Å². The number of hydrogen-bond acceptors (Lipinski definition) is 3. The summed E-state index contributed by atoms with van der Waals surface area (Å²) in [5.41, 5.74) is 0.737. The highest BCUT2D eigenvalue weighted by Crippen LogP contribution is 2.47. The summed E-state index contributed by atoms with van der Waals surface area (Å²) in [5.74, 6) is 0.614. The lowest BCUT2D eigenvalue weighted by atomic mass is 10.0. The molecule has 5 heteroatoms. The zero-order chi connectivity index (χ0) is 13.9. The third-order valence-corrected chi connectivity index (χ3v) is 4.26. The SMILES string of the molecule is COc1ccc(C(=O)NCC2(CCO)CC2)cc1Br. The van der Waals surface area contributed by atoms with E-state index in [-0.39, 0.29) is 17.9 Å². The summed E-state index contributed by atoms with van der Waals surface area (Å²) in [7, 11) is 1.59. The van der Waals surface area contributed by atoms with E-state index in [1.54, 1.807) is 25.3 Å². The van der Waals surface area contributed by atoms with Gasteiger partial charge in [0.25, 0.3) is 5.91 Å². The Hall–Kier alpha value is -1.07. The van der Waals surface area contributed by atoms with Crippen LogP contribution < -0.4 is 10.1 Å². The molecule has 0 bridgehead atoms. The van der Waals surface area contributed by atoms with Crippen molar-refractivity contribution in [1.29, 1.82) is 0 Å². The highest BCUT2D eigenvalue weighted by Gasteiger charge is 2.41. The number of methoxy groups -OCH3 is 1. The molecule has 0 heterocycles. The van der Waals surface area contributed by atoms with Crippen molar-refractivity contribution in [3.05, 3.63) is 28.2 Å². The normalized spacial score (nSPS) is 15.9. The molecule has 0 spiro atoms. The number of hydrogen-bond donors (Lipinski definition) is 2. The first-order valence-electron chi connectivity index (χ1n) is 6.33. The second kappa shape index (κ2) is 5.92. The maximum atomic E-state index is 12.0. The molecule has 19 heavy (non-hydrogen) atoms. The predicted octanol–water partition coefficient (Wildman–Crippen LogP) is 2.35. The molecule has 104 valence electrons. The van der Waals surface area contributed by atoms with E-state index < -0.39 is 0 Å². The van der Waals surface area contributed by atoms with Crippen molar-refractivity contribution >= 4 is 21.8 Å².